The normalized spacial score (nSPS) is 34.5. The van der Waals surface area contributed by atoms with E-state index in [4.69, 9.17) is 4.74 Å². The van der Waals surface area contributed by atoms with Gasteiger partial charge in [-0.05, 0) is 24.8 Å². The monoisotopic (exact) mass is 302 g/mol. The van der Waals surface area contributed by atoms with Crippen LogP contribution < -0.4 is 5.32 Å². The third kappa shape index (κ3) is 1.81. The van der Waals surface area contributed by atoms with Crippen molar-refractivity contribution in [1.29, 1.82) is 0 Å². The molecule has 22 heavy (non-hydrogen) atoms. The molecule has 2 saturated carbocycles. The maximum Gasteiger partial charge on any atom is 0.310 e. The van der Waals surface area contributed by atoms with Crippen molar-refractivity contribution >= 4 is 23.3 Å². The van der Waals surface area contributed by atoms with Gasteiger partial charge in [0.2, 0.25) is 5.91 Å². The van der Waals surface area contributed by atoms with Crippen LogP contribution >= 0.6 is 0 Å². The summed E-state index contributed by atoms with van der Waals surface area (Å²) in [6.45, 7) is 0. The van der Waals surface area contributed by atoms with E-state index in [9.17, 15) is 19.7 Å². The van der Waals surface area contributed by atoms with Crippen molar-refractivity contribution in [1.82, 2.24) is 0 Å². The Kier molecular flexibility index (Phi) is 2.72. The van der Waals surface area contributed by atoms with E-state index in [-0.39, 0.29) is 47.3 Å². The van der Waals surface area contributed by atoms with Crippen LogP contribution in [0.1, 0.15) is 12.8 Å². The molecule has 2 aliphatic carbocycles. The molecule has 3 aliphatic rings. The zero-order valence-electron chi connectivity index (χ0n) is 11.6. The molecule has 7 nitrogen and oxygen atoms in total. The minimum absolute atomic E-state index is 0.00985. The van der Waals surface area contributed by atoms with E-state index >= 15 is 0 Å². The van der Waals surface area contributed by atoms with E-state index in [1.807, 2.05) is 0 Å². The van der Waals surface area contributed by atoms with Crippen molar-refractivity contribution in [2.24, 2.45) is 23.7 Å². The average Bonchev–Trinajstić information content (AvgIpc) is 3.08. The van der Waals surface area contributed by atoms with Crippen LogP contribution in [-0.4, -0.2) is 22.9 Å². The molecule has 7 heteroatoms. The molecule has 1 aromatic rings. The van der Waals surface area contributed by atoms with Gasteiger partial charge in [0.05, 0.1) is 16.8 Å². The van der Waals surface area contributed by atoms with E-state index in [0.29, 0.717) is 5.69 Å². The molecule has 1 saturated heterocycles. The van der Waals surface area contributed by atoms with Crippen LogP contribution in [-0.2, 0) is 14.3 Å². The van der Waals surface area contributed by atoms with Crippen LogP contribution in [0.4, 0.5) is 11.4 Å². The Morgan fingerprint density at radius 3 is 2.95 bits per heavy atom. The van der Waals surface area contributed by atoms with Gasteiger partial charge in [0.1, 0.15) is 6.10 Å². The van der Waals surface area contributed by atoms with E-state index < -0.39 is 4.92 Å². The molecule has 2 bridgehead atoms. The molecule has 1 aliphatic heterocycles. The number of hydrogen-bond acceptors (Lipinski definition) is 5. The Morgan fingerprint density at radius 1 is 1.36 bits per heavy atom. The molecular weight excluding hydrogens is 288 g/mol. The molecular formula is C15H14N2O5. The van der Waals surface area contributed by atoms with Crippen LogP contribution in [0.5, 0.6) is 0 Å². The summed E-state index contributed by atoms with van der Waals surface area (Å²) in [5.41, 5.74) is 0.302. The molecule has 4 rings (SSSR count). The molecule has 1 aromatic carbocycles. The molecule has 5 atom stereocenters. The van der Waals surface area contributed by atoms with Crippen molar-refractivity contribution in [3.8, 4) is 0 Å². The lowest BCUT2D eigenvalue weighted by Crippen LogP contribution is -2.35. The number of carbonyl (C=O) groups excluding carboxylic acids is 2. The largest absolute Gasteiger partial charge is 0.462 e. The van der Waals surface area contributed by atoms with Crippen molar-refractivity contribution in [2.45, 2.75) is 18.9 Å². The molecule has 114 valence electrons. The molecule has 1 amide bonds. The zero-order chi connectivity index (χ0) is 15.4. The molecule has 3 fully saturated rings. The topological polar surface area (TPSA) is 98.5 Å². The van der Waals surface area contributed by atoms with E-state index in [2.05, 4.69) is 5.32 Å². The quantitative estimate of drug-likeness (QED) is 0.521. The summed E-state index contributed by atoms with van der Waals surface area (Å²) in [5.74, 6) is -0.897. The van der Waals surface area contributed by atoms with E-state index in [0.717, 1.165) is 12.8 Å². The number of anilines is 1. The zero-order valence-corrected chi connectivity index (χ0v) is 11.6. The number of rotatable bonds is 3. The smallest absolute Gasteiger partial charge is 0.310 e. The van der Waals surface area contributed by atoms with E-state index in [1.165, 1.54) is 18.2 Å². The fraction of sp³-hybridized carbons (Fsp3) is 0.467. The number of amides is 1. The van der Waals surface area contributed by atoms with Gasteiger partial charge in [0, 0.05) is 23.7 Å². The number of non-ortho nitro benzene ring substituents is 1. The fourth-order valence-electron chi connectivity index (χ4n) is 4.29. The lowest BCUT2D eigenvalue weighted by molar-refractivity contribution is -0.384. The van der Waals surface area contributed by atoms with Gasteiger partial charge in [0.15, 0.2) is 0 Å². The number of hydrogen-bond donors (Lipinski definition) is 1. The maximum absolute atomic E-state index is 12.5. The number of benzene rings is 1. The van der Waals surface area contributed by atoms with Gasteiger partial charge < -0.3 is 10.1 Å². The number of nitro groups is 1. The number of nitrogens with one attached hydrogen (secondary N) is 1. The van der Waals surface area contributed by atoms with Crippen molar-refractivity contribution in [3.05, 3.63) is 34.4 Å². The van der Waals surface area contributed by atoms with Gasteiger partial charge >= 0.3 is 5.97 Å². The van der Waals surface area contributed by atoms with E-state index in [1.54, 1.807) is 6.07 Å². The first-order chi connectivity index (χ1) is 10.5. The van der Waals surface area contributed by atoms with Crippen molar-refractivity contribution in [3.63, 3.8) is 0 Å². The maximum atomic E-state index is 12.5. The summed E-state index contributed by atoms with van der Waals surface area (Å²) in [6, 6.07) is 5.81. The highest BCUT2D eigenvalue weighted by Crippen LogP contribution is 2.57. The van der Waals surface area contributed by atoms with Crippen LogP contribution in [0.15, 0.2) is 24.3 Å². The Labute approximate surface area is 125 Å². The first-order valence-electron chi connectivity index (χ1n) is 7.30. The standard InChI is InChI=1S/C15H14N2O5/c18-14(16-8-2-1-3-9(6-8)17(20)21)12-7-4-10-11(5-7)22-15(19)13(10)12/h1-3,6-7,10-13H,4-5H2,(H,16,18)/t7-,10+,11-,12+,13+/m1/s1. The summed E-state index contributed by atoms with van der Waals surface area (Å²) in [7, 11) is 0. The molecule has 0 aromatic heterocycles. The average molecular weight is 302 g/mol. The highest BCUT2D eigenvalue weighted by molar-refractivity contribution is 5.97. The molecule has 0 radical (unpaired) electrons. The lowest BCUT2D eigenvalue weighted by atomic mass is 9.79. The third-order valence-corrected chi connectivity index (χ3v) is 5.11. The number of carbonyl (C=O) groups is 2. The third-order valence-electron chi connectivity index (χ3n) is 5.11. The summed E-state index contributed by atoms with van der Waals surface area (Å²) in [4.78, 5) is 34.7. The highest BCUT2D eigenvalue weighted by atomic mass is 16.6. The van der Waals surface area contributed by atoms with Gasteiger partial charge in [-0.1, -0.05) is 6.07 Å². The van der Waals surface area contributed by atoms with Gasteiger partial charge in [0.25, 0.3) is 5.69 Å². The predicted molar refractivity (Wildman–Crippen MR) is 74.8 cm³/mol. The SMILES string of the molecule is O=C(Nc1cccc([N+](=O)[O-])c1)[C@H]1[C@@H]2C[C@@H]3[C@@H]1C(=O)O[C@@H]3C2. The first kappa shape index (κ1) is 13.2. The molecule has 0 spiro atoms. The Balaban J connectivity index is 1.55. The summed E-state index contributed by atoms with van der Waals surface area (Å²) in [5, 5.41) is 13.5. The Morgan fingerprint density at radius 2 is 2.18 bits per heavy atom. The Hall–Kier alpha value is -2.44. The number of fused-ring (bicyclic) bond motifs is 1. The number of esters is 1. The van der Waals surface area contributed by atoms with Crippen LogP contribution in [0.25, 0.3) is 0 Å². The summed E-state index contributed by atoms with van der Waals surface area (Å²) in [6.07, 6.45) is 1.60. The number of nitro benzene ring substituents is 1. The van der Waals surface area contributed by atoms with Crippen molar-refractivity contribution < 1.29 is 19.2 Å². The summed E-state index contributed by atoms with van der Waals surface area (Å²) < 4.78 is 5.31. The second-order valence-corrected chi connectivity index (χ2v) is 6.22. The Bertz CT molecular complexity index is 686. The van der Waals surface area contributed by atoms with Crippen LogP contribution in [0, 0.1) is 33.8 Å². The van der Waals surface area contributed by atoms with Gasteiger partial charge in [-0.3, -0.25) is 19.7 Å². The minimum Gasteiger partial charge on any atom is -0.462 e. The highest BCUT2D eigenvalue weighted by Gasteiger charge is 2.63. The second-order valence-electron chi connectivity index (χ2n) is 6.22. The van der Waals surface area contributed by atoms with Gasteiger partial charge in [-0.2, -0.15) is 0 Å². The van der Waals surface area contributed by atoms with Crippen LogP contribution in [0.3, 0.4) is 0 Å². The summed E-state index contributed by atoms with van der Waals surface area (Å²) >= 11 is 0. The second kappa shape index (κ2) is 4.53. The van der Waals surface area contributed by atoms with Crippen LogP contribution in [0.2, 0.25) is 0 Å². The predicted octanol–water partition coefficient (Wildman–Crippen LogP) is 1.73. The van der Waals surface area contributed by atoms with Gasteiger partial charge in [-0.25, -0.2) is 0 Å². The molecule has 1 N–H and O–H groups in total. The lowest BCUT2D eigenvalue weighted by Gasteiger charge is -2.23. The number of nitrogens with zero attached hydrogens (tertiary/aromatic N) is 1. The fourth-order valence-corrected chi connectivity index (χ4v) is 4.29. The van der Waals surface area contributed by atoms with Crippen molar-refractivity contribution in [2.75, 3.05) is 5.32 Å². The molecule has 1 heterocycles. The van der Waals surface area contributed by atoms with Gasteiger partial charge in [-0.15, -0.1) is 0 Å². The number of ether oxygens (including phenoxy) is 1. The molecule has 0 unspecified atom stereocenters. The first-order valence-corrected chi connectivity index (χ1v) is 7.30. The minimum atomic E-state index is -0.508.